The summed E-state index contributed by atoms with van der Waals surface area (Å²) in [5.74, 6) is 0.790. The van der Waals surface area contributed by atoms with Crippen LogP contribution in [-0.4, -0.2) is 19.2 Å². The van der Waals surface area contributed by atoms with Crippen LogP contribution in [0.4, 0.5) is 0 Å². The second-order valence-electron chi connectivity index (χ2n) is 4.03. The van der Waals surface area contributed by atoms with Crippen molar-refractivity contribution in [3.63, 3.8) is 0 Å². The maximum Gasteiger partial charge on any atom is 0.373 e. The Morgan fingerprint density at radius 3 is 2.12 bits per heavy atom. The number of rotatable bonds is 3. The molecule has 4 heteroatoms. The van der Waals surface area contributed by atoms with Crippen LogP contribution < -0.4 is 0 Å². The summed E-state index contributed by atoms with van der Waals surface area (Å²) in [7, 11) is 1.44. The lowest BCUT2D eigenvalue weighted by atomic mass is 9.88. The van der Waals surface area contributed by atoms with Crippen LogP contribution in [0.3, 0.4) is 0 Å². The van der Waals surface area contributed by atoms with E-state index in [2.05, 4.69) is 20.1 Å². The number of hydrogen-bond acceptors (Lipinski definition) is 4. The zero-order chi connectivity index (χ0) is 13.4. The van der Waals surface area contributed by atoms with Gasteiger partial charge in [0, 0.05) is 0 Å². The van der Waals surface area contributed by atoms with E-state index < -0.39 is 0 Å². The number of carbonyl (C=O) groups is 1. The highest BCUT2D eigenvalue weighted by molar-refractivity contribution is 5.73. The van der Waals surface area contributed by atoms with E-state index in [9.17, 15) is 4.79 Å². The van der Waals surface area contributed by atoms with Gasteiger partial charge in [-0.15, -0.1) is 13.2 Å². The number of ether oxygens (including phenoxy) is 1. The van der Waals surface area contributed by atoms with Gasteiger partial charge in [0.1, 0.15) is 0 Å². The van der Waals surface area contributed by atoms with Crippen molar-refractivity contribution in [2.45, 2.75) is 13.3 Å². The van der Waals surface area contributed by atoms with Crippen molar-refractivity contribution in [1.82, 2.24) is 0 Å². The summed E-state index contributed by atoms with van der Waals surface area (Å²) in [6.07, 6.45) is 5.01. The molecule has 1 fully saturated rings. The molecule has 0 amide bonds. The molecule has 0 aromatic carbocycles. The van der Waals surface area contributed by atoms with Crippen molar-refractivity contribution in [1.29, 1.82) is 0 Å². The van der Waals surface area contributed by atoms with Crippen molar-refractivity contribution in [3.05, 3.63) is 25.3 Å². The Bertz CT molecular complexity index is 315. The van der Waals surface area contributed by atoms with Crippen LogP contribution in [-0.2, 0) is 19.1 Å². The number of methoxy groups -OCH3 is 1. The molecule has 0 aromatic heterocycles. The summed E-state index contributed by atoms with van der Waals surface area (Å²) >= 11 is 0. The van der Waals surface area contributed by atoms with Crippen LogP contribution in [0, 0.1) is 23.7 Å². The lowest BCUT2D eigenvalue weighted by Crippen LogP contribution is -2.24. The van der Waals surface area contributed by atoms with E-state index in [1.54, 1.807) is 0 Å². The minimum atomic E-state index is -0.119. The Kier molecular flexibility index (Phi) is 6.83. The lowest BCUT2D eigenvalue weighted by Gasteiger charge is -2.18. The Morgan fingerprint density at radius 2 is 1.76 bits per heavy atom. The van der Waals surface area contributed by atoms with Crippen LogP contribution in [0.2, 0.25) is 0 Å². The van der Waals surface area contributed by atoms with Gasteiger partial charge in [0.2, 0.25) is 0 Å². The fourth-order valence-corrected chi connectivity index (χ4v) is 2.41. The monoisotopic (exact) mass is 238 g/mol. The van der Waals surface area contributed by atoms with E-state index in [4.69, 9.17) is 14.3 Å². The van der Waals surface area contributed by atoms with Crippen LogP contribution >= 0.6 is 0 Å². The maximum atomic E-state index is 11.6. The Hall–Kier alpha value is -1.67. The van der Waals surface area contributed by atoms with E-state index in [0.717, 1.165) is 6.42 Å². The normalized spacial score (nSPS) is 30.5. The first kappa shape index (κ1) is 15.3. The highest BCUT2D eigenvalue weighted by atomic mass is 16.5. The second-order valence-corrected chi connectivity index (χ2v) is 4.03. The summed E-state index contributed by atoms with van der Waals surface area (Å²) in [5, 5.41) is 0. The predicted octanol–water partition coefficient (Wildman–Crippen LogP) is 1.84. The summed E-state index contributed by atoms with van der Waals surface area (Å²) in [6, 6.07) is 0. The minimum Gasteiger partial charge on any atom is -0.469 e. The van der Waals surface area contributed by atoms with E-state index in [1.807, 2.05) is 12.2 Å². The zero-order valence-corrected chi connectivity index (χ0v) is 10.2. The highest BCUT2D eigenvalue weighted by Crippen LogP contribution is 2.43. The molecular formula is C13H18O4. The van der Waals surface area contributed by atoms with Crippen molar-refractivity contribution < 1.29 is 19.1 Å². The standard InChI is InChI=1S/C12H18O2.CO2/c1-5-9-7-10(6-2)11(8(9)3)12(13)14-4;2-1-3/h5-6,8-11H,1-2,7H2,3-4H3;. The van der Waals surface area contributed by atoms with Gasteiger partial charge in [0.25, 0.3) is 0 Å². The highest BCUT2D eigenvalue weighted by Gasteiger charge is 2.42. The average molecular weight is 238 g/mol. The molecule has 0 N–H and O–H groups in total. The molecule has 1 saturated carbocycles. The molecule has 4 atom stereocenters. The molecule has 94 valence electrons. The van der Waals surface area contributed by atoms with Gasteiger partial charge >= 0.3 is 12.1 Å². The number of esters is 1. The molecule has 0 saturated heterocycles. The quantitative estimate of drug-likeness (QED) is 0.556. The zero-order valence-electron chi connectivity index (χ0n) is 10.2. The first-order chi connectivity index (χ1) is 8.06. The molecular weight excluding hydrogens is 220 g/mol. The lowest BCUT2D eigenvalue weighted by molar-refractivity contribution is -0.191. The van der Waals surface area contributed by atoms with Gasteiger partial charge < -0.3 is 4.74 Å². The van der Waals surface area contributed by atoms with Crippen molar-refractivity contribution in [2.24, 2.45) is 23.7 Å². The molecule has 0 radical (unpaired) electrons. The van der Waals surface area contributed by atoms with Crippen molar-refractivity contribution >= 4 is 12.1 Å². The molecule has 17 heavy (non-hydrogen) atoms. The molecule has 0 aliphatic heterocycles. The third-order valence-electron chi connectivity index (χ3n) is 3.33. The Balaban J connectivity index is 0.000000770. The topological polar surface area (TPSA) is 60.4 Å². The first-order valence-corrected chi connectivity index (χ1v) is 5.39. The van der Waals surface area contributed by atoms with E-state index in [1.165, 1.54) is 7.11 Å². The molecule has 1 aliphatic carbocycles. The molecule has 1 rings (SSSR count). The third kappa shape index (κ3) is 3.68. The van der Waals surface area contributed by atoms with Crippen molar-refractivity contribution in [2.75, 3.05) is 7.11 Å². The van der Waals surface area contributed by atoms with Gasteiger partial charge in [-0.1, -0.05) is 19.1 Å². The first-order valence-electron chi connectivity index (χ1n) is 5.39. The number of allylic oxidation sites excluding steroid dienone is 2. The van der Waals surface area contributed by atoms with Gasteiger partial charge in [0.05, 0.1) is 13.0 Å². The average Bonchev–Trinajstić information content (AvgIpc) is 2.65. The number of hydrogen-bond donors (Lipinski definition) is 0. The minimum absolute atomic E-state index is 0.0412. The van der Waals surface area contributed by atoms with Gasteiger partial charge in [0.15, 0.2) is 0 Å². The molecule has 0 heterocycles. The van der Waals surface area contributed by atoms with E-state index in [0.29, 0.717) is 11.8 Å². The van der Waals surface area contributed by atoms with Crippen LogP contribution in [0.1, 0.15) is 13.3 Å². The largest absolute Gasteiger partial charge is 0.469 e. The maximum absolute atomic E-state index is 11.6. The molecule has 0 bridgehead atoms. The fourth-order valence-electron chi connectivity index (χ4n) is 2.41. The smallest absolute Gasteiger partial charge is 0.373 e. The SMILES string of the molecule is C=CC1CC(C=C)C(C(=O)OC)C1C.O=C=O. The summed E-state index contributed by atoms with van der Waals surface area (Å²) in [6.45, 7) is 9.65. The predicted molar refractivity (Wildman–Crippen MR) is 61.7 cm³/mol. The van der Waals surface area contributed by atoms with Crippen LogP contribution in [0.5, 0.6) is 0 Å². The van der Waals surface area contributed by atoms with Gasteiger partial charge in [-0.2, -0.15) is 9.59 Å². The summed E-state index contributed by atoms with van der Waals surface area (Å²) in [4.78, 5) is 27.8. The van der Waals surface area contributed by atoms with Crippen molar-refractivity contribution in [3.8, 4) is 0 Å². The van der Waals surface area contributed by atoms with E-state index >= 15 is 0 Å². The summed E-state index contributed by atoms with van der Waals surface area (Å²) < 4.78 is 4.81. The summed E-state index contributed by atoms with van der Waals surface area (Å²) in [5.41, 5.74) is 0. The van der Waals surface area contributed by atoms with Gasteiger partial charge in [-0.3, -0.25) is 4.79 Å². The second kappa shape index (κ2) is 7.58. The molecule has 0 aromatic rings. The fraction of sp³-hybridized carbons (Fsp3) is 0.538. The van der Waals surface area contributed by atoms with E-state index in [-0.39, 0.29) is 24.0 Å². The van der Waals surface area contributed by atoms with Gasteiger partial charge in [-0.05, 0) is 24.2 Å². The molecule has 4 unspecified atom stereocenters. The van der Waals surface area contributed by atoms with Crippen LogP contribution in [0.15, 0.2) is 25.3 Å². The molecule has 1 aliphatic rings. The molecule has 4 nitrogen and oxygen atoms in total. The Morgan fingerprint density at radius 1 is 1.29 bits per heavy atom. The van der Waals surface area contributed by atoms with Crippen LogP contribution in [0.25, 0.3) is 0 Å². The third-order valence-corrected chi connectivity index (χ3v) is 3.33. The Labute approximate surface area is 101 Å². The number of carbonyl (C=O) groups excluding carboxylic acids is 3. The molecule has 0 spiro atoms. The van der Waals surface area contributed by atoms with Gasteiger partial charge in [-0.25, -0.2) is 0 Å².